The van der Waals surface area contributed by atoms with Crippen LogP contribution in [0.5, 0.6) is 0 Å². The van der Waals surface area contributed by atoms with E-state index in [9.17, 15) is 4.39 Å². The molecule has 1 rings (SSSR count). The number of anilines is 1. The van der Waals surface area contributed by atoms with Crippen LogP contribution in [0.2, 0.25) is 0 Å². The second kappa shape index (κ2) is 7.43. The molecule has 19 heavy (non-hydrogen) atoms. The monoisotopic (exact) mass is 267 g/mol. The first-order valence-corrected chi connectivity index (χ1v) is 6.99. The SMILES string of the molecule is CC(C)CCN(C)c1nccc(CNC(C)C)c1F. The Balaban J connectivity index is 2.75. The van der Waals surface area contributed by atoms with Gasteiger partial charge in [0.25, 0.3) is 0 Å². The molecule has 108 valence electrons. The molecule has 0 saturated heterocycles. The molecule has 0 amide bonds. The summed E-state index contributed by atoms with van der Waals surface area (Å²) in [5.74, 6) is 0.849. The number of nitrogens with zero attached hydrogens (tertiary/aromatic N) is 2. The maximum atomic E-state index is 14.4. The summed E-state index contributed by atoms with van der Waals surface area (Å²) in [7, 11) is 1.90. The summed E-state index contributed by atoms with van der Waals surface area (Å²) in [6.07, 6.45) is 2.72. The van der Waals surface area contributed by atoms with Crippen molar-refractivity contribution in [3.63, 3.8) is 0 Å². The molecule has 1 heterocycles. The Morgan fingerprint density at radius 3 is 2.58 bits per heavy atom. The molecule has 4 heteroatoms. The Kier molecular flexibility index (Phi) is 6.22. The van der Waals surface area contributed by atoms with Crippen LogP contribution in [-0.2, 0) is 6.54 Å². The second-order valence-electron chi connectivity index (χ2n) is 5.75. The van der Waals surface area contributed by atoms with Crippen molar-refractivity contribution in [1.82, 2.24) is 10.3 Å². The van der Waals surface area contributed by atoms with Crippen molar-refractivity contribution in [2.45, 2.75) is 46.7 Å². The van der Waals surface area contributed by atoms with E-state index in [2.05, 4.69) is 38.0 Å². The maximum Gasteiger partial charge on any atom is 0.170 e. The number of nitrogens with one attached hydrogen (secondary N) is 1. The summed E-state index contributed by atoms with van der Waals surface area (Å²) in [5, 5.41) is 3.23. The molecular formula is C15H26FN3. The van der Waals surface area contributed by atoms with Gasteiger partial charge in [0.15, 0.2) is 11.6 Å². The van der Waals surface area contributed by atoms with Gasteiger partial charge in [0, 0.05) is 37.9 Å². The highest BCUT2D eigenvalue weighted by Gasteiger charge is 2.13. The molecule has 0 atom stereocenters. The fraction of sp³-hybridized carbons (Fsp3) is 0.667. The fourth-order valence-electron chi connectivity index (χ4n) is 1.75. The highest BCUT2D eigenvalue weighted by atomic mass is 19.1. The highest BCUT2D eigenvalue weighted by Crippen LogP contribution is 2.19. The standard InChI is InChI=1S/C15H26FN3/c1-11(2)7-9-19(5)15-14(16)13(6-8-17-15)10-18-12(3)4/h6,8,11-12,18H,7,9-10H2,1-5H3. The number of aromatic nitrogens is 1. The van der Waals surface area contributed by atoms with E-state index in [1.165, 1.54) is 0 Å². The highest BCUT2D eigenvalue weighted by molar-refractivity contribution is 5.42. The zero-order valence-corrected chi connectivity index (χ0v) is 12.7. The first-order valence-electron chi connectivity index (χ1n) is 6.99. The van der Waals surface area contributed by atoms with Gasteiger partial charge in [-0.3, -0.25) is 0 Å². The zero-order valence-electron chi connectivity index (χ0n) is 12.7. The predicted octanol–water partition coefficient (Wildman–Crippen LogP) is 3.20. The van der Waals surface area contributed by atoms with Crippen LogP contribution in [-0.4, -0.2) is 24.6 Å². The topological polar surface area (TPSA) is 28.2 Å². The molecule has 1 aromatic rings. The van der Waals surface area contributed by atoms with Crippen molar-refractivity contribution in [3.8, 4) is 0 Å². The Labute approximate surface area is 116 Å². The molecule has 0 aromatic carbocycles. The molecule has 1 N–H and O–H groups in total. The van der Waals surface area contributed by atoms with E-state index in [4.69, 9.17) is 0 Å². The van der Waals surface area contributed by atoms with Crippen molar-refractivity contribution >= 4 is 5.82 Å². The van der Waals surface area contributed by atoms with Crippen molar-refractivity contribution in [2.24, 2.45) is 5.92 Å². The van der Waals surface area contributed by atoms with Gasteiger partial charge < -0.3 is 10.2 Å². The summed E-state index contributed by atoms with van der Waals surface area (Å²) in [4.78, 5) is 6.06. The zero-order chi connectivity index (χ0) is 14.4. The summed E-state index contributed by atoms with van der Waals surface area (Å²) in [6, 6.07) is 2.08. The van der Waals surface area contributed by atoms with Crippen LogP contribution in [0, 0.1) is 11.7 Å². The smallest absolute Gasteiger partial charge is 0.170 e. The minimum atomic E-state index is -0.207. The fourth-order valence-corrected chi connectivity index (χ4v) is 1.75. The van der Waals surface area contributed by atoms with Gasteiger partial charge in [-0.2, -0.15) is 0 Å². The Morgan fingerprint density at radius 2 is 2.00 bits per heavy atom. The van der Waals surface area contributed by atoms with Crippen LogP contribution in [0.3, 0.4) is 0 Å². The van der Waals surface area contributed by atoms with E-state index in [1.807, 2.05) is 11.9 Å². The molecule has 0 saturated carbocycles. The van der Waals surface area contributed by atoms with Crippen molar-refractivity contribution < 1.29 is 4.39 Å². The van der Waals surface area contributed by atoms with Crippen molar-refractivity contribution in [1.29, 1.82) is 0 Å². The van der Waals surface area contributed by atoms with Gasteiger partial charge in [-0.1, -0.05) is 27.7 Å². The normalized spacial score (nSPS) is 11.4. The van der Waals surface area contributed by atoms with Crippen LogP contribution < -0.4 is 10.2 Å². The first-order chi connectivity index (χ1) is 8.91. The van der Waals surface area contributed by atoms with E-state index in [0.717, 1.165) is 13.0 Å². The molecule has 0 unspecified atom stereocenters. The second-order valence-corrected chi connectivity index (χ2v) is 5.75. The lowest BCUT2D eigenvalue weighted by Gasteiger charge is -2.21. The van der Waals surface area contributed by atoms with Crippen molar-refractivity contribution in [3.05, 3.63) is 23.6 Å². The van der Waals surface area contributed by atoms with E-state index >= 15 is 0 Å². The number of hydrogen-bond donors (Lipinski definition) is 1. The number of halogens is 1. The van der Waals surface area contributed by atoms with E-state index in [0.29, 0.717) is 29.9 Å². The van der Waals surface area contributed by atoms with E-state index < -0.39 is 0 Å². The average Bonchev–Trinajstić information content (AvgIpc) is 2.34. The van der Waals surface area contributed by atoms with Gasteiger partial charge in [-0.25, -0.2) is 9.37 Å². The molecule has 1 aromatic heterocycles. The maximum absolute atomic E-state index is 14.4. The van der Waals surface area contributed by atoms with Crippen molar-refractivity contribution in [2.75, 3.05) is 18.5 Å². The molecule has 0 bridgehead atoms. The minimum absolute atomic E-state index is 0.207. The van der Waals surface area contributed by atoms with Crippen LogP contribution in [0.15, 0.2) is 12.3 Å². The van der Waals surface area contributed by atoms with Gasteiger partial charge >= 0.3 is 0 Å². The molecule has 0 aliphatic rings. The van der Waals surface area contributed by atoms with Gasteiger partial charge in [0.2, 0.25) is 0 Å². The summed E-state index contributed by atoms with van der Waals surface area (Å²) >= 11 is 0. The van der Waals surface area contributed by atoms with E-state index in [-0.39, 0.29) is 5.82 Å². The third kappa shape index (κ3) is 5.15. The largest absolute Gasteiger partial charge is 0.357 e. The minimum Gasteiger partial charge on any atom is -0.357 e. The summed E-state index contributed by atoms with van der Waals surface area (Å²) < 4.78 is 14.4. The molecule has 0 aliphatic heterocycles. The Bertz CT molecular complexity index is 391. The summed E-state index contributed by atoms with van der Waals surface area (Å²) in [5.41, 5.74) is 0.676. The lowest BCUT2D eigenvalue weighted by Crippen LogP contribution is -2.25. The Hall–Kier alpha value is -1.16. The Morgan fingerprint density at radius 1 is 1.32 bits per heavy atom. The molecular weight excluding hydrogens is 241 g/mol. The quantitative estimate of drug-likeness (QED) is 0.822. The third-order valence-corrected chi connectivity index (χ3v) is 3.05. The lowest BCUT2D eigenvalue weighted by molar-refractivity contribution is 0.542. The van der Waals surface area contributed by atoms with Crippen LogP contribution in [0.25, 0.3) is 0 Å². The molecule has 3 nitrogen and oxygen atoms in total. The first kappa shape index (κ1) is 15.9. The average molecular weight is 267 g/mol. The number of hydrogen-bond acceptors (Lipinski definition) is 3. The third-order valence-electron chi connectivity index (χ3n) is 3.05. The molecule has 0 fully saturated rings. The van der Waals surface area contributed by atoms with Crippen LogP contribution in [0.4, 0.5) is 10.2 Å². The lowest BCUT2D eigenvalue weighted by atomic mass is 10.1. The predicted molar refractivity (Wildman–Crippen MR) is 78.9 cm³/mol. The van der Waals surface area contributed by atoms with Gasteiger partial charge in [-0.15, -0.1) is 0 Å². The van der Waals surface area contributed by atoms with Gasteiger partial charge in [-0.05, 0) is 18.4 Å². The van der Waals surface area contributed by atoms with Gasteiger partial charge in [0.1, 0.15) is 0 Å². The molecule has 0 aliphatic carbocycles. The van der Waals surface area contributed by atoms with E-state index in [1.54, 1.807) is 12.3 Å². The summed E-state index contributed by atoms with van der Waals surface area (Å²) in [6.45, 7) is 9.80. The van der Waals surface area contributed by atoms with Crippen LogP contribution in [0.1, 0.15) is 39.7 Å². The molecule has 0 radical (unpaired) electrons. The van der Waals surface area contributed by atoms with Gasteiger partial charge in [0.05, 0.1) is 0 Å². The number of pyridine rings is 1. The number of rotatable bonds is 7. The van der Waals surface area contributed by atoms with Crippen LogP contribution >= 0.6 is 0 Å². The molecule has 0 spiro atoms.